The number of carbonyl (C=O) groups is 4. The molecule has 2 N–H and O–H groups in total. The highest BCUT2D eigenvalue weighted by Gasteiger charge is 2.44. The lowest BCUT2D eigenvalue weighted by atomic mass is 9.99. The van der Waals surface area contributed by atoms with E-state index in [1.807, 2.05) is 42.5 Å². The van der Waals surface area contributed by atoms with Crippen LogP contribution in [-0.4, -0.2) is 98.6 Å². The number of sulfone groups is 1. The molecule has 4 amide bonds. The van der Waals surface area contributed by atoms with Gasteiger partial charge in [-0.3, -0.25) is 34.3 Å². The van der Waals surface area contributed by atoms with Crippen molar-refractivity contribution in [2.24, 2.45) is 0 Å². The first-order chi connectivity index (χ1) is 27.9. The highest BCUT2D eigenvalue weighted by molar-refractivity contribution is 7.90. The van der Waals surface area contributed by atoms with Gasteiger partial charge in [-0.2, -0.15) is 0 Å². The molecule has 58 heavy (non-hydrogen) atoms. The number of aromatic hydroxyl groups is 1. The lowest BCUT2D eigenvalue weighted by molar-refractivity contribution is -0.136. The number of hydrogen-bond acceptors (Lipinski definition) is 11. The highest BCUT2D eigenvalue weighted by atomic mass is 32.2. The average molecular weight is 803 g/mol. The molecule has 3 aliphatic heterocycles. The number of amides is 4. The van der Waals surface area contributed by atoms with Crippen LogP contribution in [0.1, 0.15) is 46.4 Å². The third kappa shape index (κ3) is 7.98. The summed E-state index contributed by atoms with van der Waals surface area (Å²) in [7, 11) is -3.34. The minimum absolute atomic E-state index is 0.0808. The van der Waals surface area contributed by atoms with Crippen molar-refractivity contribution in [3.05, 3.63) is 108 Å². The summed E-state index contributed by atoms with van der Waals surface area (Å²) in [5.74, 6) is 0.000711. The standard InChI is InChI=1S/C44H42N4O9S/c1-58(54,55)34-13-4-28(5-14-34)35-15-6-29-26-31(49)8-17-36(29)41(35)57-33-11-9-32(10-12-33)56-25-3-2-20-46-21-23-47(24-22-46)30-7-16-37-38(27-30)44(53)48(43(37)52)39-18-19-40(50)45-42(39)51/h4-17,26-27,39,49H,2-3,18-25H2,1H3,(H,45,50,51). The third-order valence-electron chi connectivity index (χ3n) is 10.9. The molecule has 0 radical (unpaired) electrons. The van der Waals surface area contributed by atoms with Gasteiger partial charge in [-0.25, -0.2) is 8.42 Å². The number of hydrogen-bond donors (Lipinski definition) is 2. The average Bonchev–Trinajstić information content (AvgIpc) is 3.46. The van der Waals surface area contributed by atoms with Gasteiger partial charge in [0.15, 0.2) is 9.84 Å². The Balaban J connectivity index is 0.815. The number of fused-ring (bicyclic) bond motifs is 2. The normalized spacial score (nSPS) is 17.4. The lowest BCUT2D eigenvalue weighted by Crippen LogP contribution is -2.54. The number of benzene rings is 5. The van der Waals surface area contributed by atoms with Gasteiger partial charge in [0.05, 0.1) is 22.6 Å². The first-order valence-electron chi connectivity index (χ1n) is 19.2. The van der Waals surface area contributed by atoms with Crippen molar-refractivity contribution in [2.45, 2.75) is 36.6 Å². The second-order valence-corrected chi connectivity index (χ2v) is 16.8. The van der Waals surface area contributed by atoms with Gasteiger partial charge in [0.1, 0.15) is 29.0 Å². The van der Waals surface area contributed by atoms with Crippen molar-refractivity contribution < 1.29 is 42.2 Å². The Morgan fingerprint density at radius 3 is 2.19 bits per heavy atom. The number of piperidine rings is 1. The van der Waals surface area contributed by atoms with Crippen LogP contribution < -0.4 is 19.7 Å². The Hall–Kier alpha value is -6.25. The molecular weight excluding hydrogens is 761 g/mol. The van der Waals surface area contributed by atoms with E-state index in [0.29, 0.717) is 18.1 Å². The first kappa shape index (κ1) is 38.6. The molecule has 5 aromatic rings. The van der Waals surface area contributed by atoms with Crippen molar-refractivity contribution in [3.8, 4) is 34.1 Å². The van der Waals surface area contributed by atoms with Gasteiger partial charge in [-0.15, -0.1) is 0 Å². The number of carbonyl (C=O) groups excluding carboxylic acids is 4. The summed E-state index contributed by atoms with van der Waals surface area (Å²) in [5.41, 5.74) is 2.98. The summed E-state index contributed by atoms with van der Waals surface area (Å²) < 4.78 is 36.6. The van der Waals surface area contributed by atoms with E-state index >= 15 is 0 Å². The second kappa shape index (κ2) is 15.9. The molecule has 298 valence electrons. The Bertz CT molecular complexity index is 2530. The van der Waals surface area contributed by atoms with E-state index in [9.17, 15) is 32.7 Å². The quantitative estimate of drug-likeness (QED) is 0.116. The molecule has 0 aromatic heterocycles. The molecule has 8 rings (SSSR count). The summed E-state index contributed by atoms with van der Waals surface area (Å²) >= 11 is 0. The van der Waals surface area contributed by atoms with Crippen LogP contribution in [0.3, 0.4) is 0 Å². The number of phenolic OH excluding ortho intramolecular Hbond substituents is 1. The molecule has 0 bridgehead atoms. The smallest absolute Gasteiger partial charge is 0.262 e. The maximum Gasteiger partial charge on any atom is 0.262 e. The van der Waals surface area contributed by atoms with Gasteiger partial charge >= 0.3 is 0 Å². The predicted molar refractivity (Wildman–Crippen MR) is 217 cm³/mol. The van der Waals surface area contributed by atoms with Gasteiger partial charge in [-0.1, -0.05) is 18.2 Å². The molecule has 0 saturated carbocycles. The SMILES string of the molecule is CS(=O)(=O)c1ccc(-c2ccc3cc(O)ccc3c2Oc2ccc(OCCCCN3CCN(c4ccc5c(c4)C(=O)N(C4CCC(=O)NC4=O)C5=O)CC3)cc2)cc1. The Morgan fingerprint density at radius 2 is 1.47 bits per heavy atom. The monoisotopic (exact) mass is 802 g/mol. The van der Waals surface area contributed by atoms with Crippen LogP contribution in [0.25, 0.3) is 21.9 Å². The first-order valence-corrected chi connectivity index (χ1v) is 21.1. The zero-order valence-corrected chi connectivity index (χ0v) is 32.7. The van der Waals surface area contributed by atoms with E-state index in [2.05, 4.69) is 15.1 Å². The van der Waals surface area contributed by atoms with E-state index in [-0.39, 0.29) is 34.6 Å². The molecule has 13 nitrogen and oxygen atoms in total. The maximum atomic E-state index is 13.3. The molecule has 3 heterocycles. The molecule has 1 unspecified atom stereocenters. The van der Waals surface area contributed by atoms with Crippen molar-refractivity contribution in [1.82, 2.24) is 15.1 Å². The van der Waals surface area contributed by atoms with E-state index in [1.165, 1.54) is 6.26 Å². The van der Waals surface area contributed by atoms with Crippen molar-refractivity contribution >= 4 is 49.9 Å². The fraction of sp³-hybridized carbons (Fsp3) is 0.273. The van der Waals surface area contributed by atoms with Crippen LogP contribution >= 0.6 is 0 Å². The topological polar surface area (TPSA) is 163 Å². The van der Waals surface area contributed by atoms with Crippen molar-refractivity contribution in [3.63, 3.8) is 0 Å². The Morgan fingerprint density at radius 1 is 0.759 bits per heavy atom. The summed E-state index contributed by atoms with van der Waals surface area (Å²) in [4.78, 5) is 56.2. The van der Waals surface area contributed by atoms with Gasteiger partial charge < -0.3 is 19.5 Å². The molecule has 2 fully saturated rings. The van der Waals surface area contributed by atoms with Crippen LogP contribution in [0, 0.1) is 0 Å². The maximum absolute atomic E-state index is 13.3. The minimum atomic E-state index is -3.34. The van der Waals surface area contributed by atoms with E-state index < -0.39 is 39.5 Å². The summed E-state index contributed by atoms with van der Waals surface area (Å²) in [6.07, 6.45) is 3.21. The number of unbranched alkanes of at least 4 members (excludes halogenated alkanes) is 1. The van der Waals surface area contributed by atoms with Gasteiger partial charge in [0.25, 0.3) is 11.8 Å². The predicted octanol–water partition coefficient (Wildman–Crippen LogP) is 5.79. The number of piperazine rings is 1. The van der Waals surface area contributed by atoms with E-state index in [1.54, 1.807) is 54.6 Å². The highest BCUT2D eigenvalue weighted by Crippen LogP contribution is 2.41. The summed E-state index contributed by atoms with van der Waals surface area (Å²) in [6, 6.07) is 27.2. The fourth-order valence-corrected chi connectivity index (χ4v) is 8.37. The molecule has 0 spiro atoms. The number of phenols is 1. The van der Waals surface area contributed by atoms with Crippen LogP contribution in [0.2, 0.25) is 0 Å². The molecule has 14 heteroatoms. The second-order valence-electron chi connectivity index (χ2n) is 14.8. The molecule has 2 saturated heterocycles. The Labute approximate surface area is 335 Å². The largest absolute Gasteiger partial charge is 0.508 e. The van der Waals surface area contributed by atoms with Crippen LogP contribution in [0.4, 0.5) is 5.69 Å². The summed E-state index contributed by atoms with van der Waals surface area (Å²) in [5, 5.41) is 13.9. The molecular formula is C44H42N4O9S. The molecule has 5 aromatic carbocycles. The van der Waals surface area contributed by atoms with E-state index in [0.717, 1.165) is 83.8 Å². The number of anilines is 1. The zero-order valence-electron chi connectivity index (χ0n) is 31.8. The van der Waals surface area contributed by atoms with Crippen LogP contribution in [0.15, 0.2) is 102 Å². The zero-order chi connectivity index (χ0) is 40.6. The number of rotatable bonds is 12. The number of nitrogens with one attached hydrogen (secondary N) is 1. The van der Waals surface area contributed by atoms with Gasteiger partial charge in [-0.05, 0) is 116 Å². The van der Waals surface area contributed by atoms with Crippen LogP contribution in [-0.2, 0) is 19.4 Å². The number of ether oxygens (including phenoxy) is 2. The van der Waals surface area contributed by atoms with E-state index in [4.69, 9.17) is 9.47 Å². The third-order valence-corrected chi connectivity index (χ3v) is 12.0. The molecule has 0 aliphatic carbocycles. The molecule has 3 aliphatic rings. The number of imide groups is 2. The fourth-order valence-electron chi connectivity index (χ4n) is 7.74. The summed E-state index contributed by atoms with van der Waals surface area (Å²) in [6.45, 7) is 4.70. The van der Waals surface area contributed by atoms with Gasteiger partial charge in [0.2, 0.25) is 11.8 Å². The minimum Gasteiger partial charge on any atom is -0.508 e. The lowest BCUT2D eigenvalue weighted by Gasteiger charge is -2.36. The Kier molecular flexibility index (Phi) is 10.6. The van der Waals surface area contributed by atoms with Crippen LogP contribution in [0.5, 0.6) is 23.0 Å². The van der Waals surface area contributed by atoms with Crippen molar-refractivity contribution in [2.75, 3.05) is 50.5 Å². The molecule has 1 atom stereocenters. The van der Waals surface area contributed by atoms with Gasteiger partial charge in [0, 0.05) is 55.5 Å². The van der Waals surface area contributed by atoms with Crippen molar-refractivity contribution in [1.29, 1.82) is 0 Å². The number of nitrogens with zero attached hydrogens (tertiary/aromatic N) is 3.